The van der Waals surface area contributed by atoms with E-state index in [1.165, 1.54) is 6.20 Å². The Bertz CT molecular complexity index is 314. The molecule has 1 aromatic rings. The third-order valence-electron chi connectivity index (χ3n) is 2.20. The van der Waals surface area contributed by atoms with Gasteiger partial charge in [0.1, 0.15) is 5.69 Å². The van der Waals surface area contributed by atoms with E-state index in [0.717, 1.165) is 0 Å². The van der Waals surface area contributed by atoms with Crippen LogP contribution >= 0.6 is 0 Å². The minimum absolute atomic E-state index is 0.235. The molecule has 0 saturated heterocycles. The molecule has 5 heteroatoms. The number of carbonyl (C=O) groups is 1. The van der Waals surface area contributed by atoms with Crippen molar-refractivity contribution >= 4 is 5.91 Å². The van der Waals surface area contributed by atoms with E-state index in [9.17, 15) is 9.90 Å². The highest BCUT2D eigenvalue weighted by Gasteiger charge is 2.22. The molecule has 1 rings (SSSR count). The molecule has 3 N–H and O–H groups in total. The number of H-pyrrole nitrogens is 1. The van der Waals surface area contributed by atoms with Crippen LogP contribution in [0.1, 0.15) is 31.3 Å². The van der Waals surface area contributed by atoms with Crippen LogP contribution in [0.15, 0.2) is 12.3 Å². The van der Waals surface area contributed by atoms with E-state index in [-0.39, 0.29) is 17.9 Å². The van der Waals surface area contributed by atoms with Gasteiger partial charge in [0, 0.05) is 12.7 Å². The summed E-state index contributed by atoms with van der Waals surface area (Å²) in [6, 6.07) is 1.58. The van der Waals surface area contributed by atoms with Gasteiger partial charge < -0.3 is 10.4 Å². The van der Waals surface area contributed by atoms with E-state index < -0.39 is 6.10 Å². The van der Waals surface area contributed by atoms with Crippen LogP contribution in [0.4, 0.5) is 0 Å². The molecule has 0 aliphatic carbocycles. The molecule has 1 aromatic heterocycles. The molecule has 0 aromatic carbocycles. The van der Waals surface area contributed by atoms with Crippen molar-refractivity contribution in [3.05, 3.63) is 18.0 Å². The van der Waals surface area contributed by atoms with Gasteiger partial charge in [0.05, 0.1) is 6.10 Å². The van der Waals surface area contributed by atoms with Gasteiger partial charge in [0.25, 0.3) is 5.91 Å². The zero-order valence-corrected chi connectivity index (χ0v) is 9.24. The summed E-state index contributed by atoms with van der Waals surface area (Å²) in [6.45, 7) is 5.99. The number of aromatic nitrogens is 2. The van der Waals surface area contributed by atoms with Crippen molar-refractivity contribution in [2.45, 2.75) is 26.9 Å². The fourth-order valence-corrected chi connectivity index (χ4v) is 0.973. The van der Waals surface area contributed by atoms with Crippen molar-refractivity contribution in [2.75, 3.05) is 6.54 Å². The number of carbonyl (C=O) groups excluding carboxylic acids is 1. The van der Waals surface area contributed by atoms with Crippen LogP contribution in [0.2, 0.25) is 0 Å². The molecule has 0 radical (unpaired) electrons. The van der Waals surface area contributed by atoms with Crippen molar-refractivity contribution in [2.24, 2.45) is 5.41 Å². The lowest BCUT2D eigenvalue weighted by molar-refractivity contribution is 0.0585. The molecular weight excluding hydrogens is 194 g/mol. The van der Waals surface area contributed by atoms with Gasteiger partial charge in [0.15, 0.2) is 0 Å². The Hall–Kier alpha value is -1.36. The van der Waals surface area contributed by atoms with Gasteiger partial charge in [-0.3, -0.25) is 9.89 Å². The van der Waals surface area contributed by atoms with Crippen LogP contribution in [-0.2, 0) is 0 Å². The summed E-state index contributed by atoms with van der Waals surface area (Å²) in [7, 11) is 0. The summed E-state index contributed by atoms with van der Waals surface area (Å²) in [5.74, 6) is -0.254. The molecule has 0 saturated carbocycles. The Labute approximate surface area is 88.9 Å². The summed E-state index contributed by atoms with van der Waals surface area (Å²) >= 11 is 0. The first-order chi connectivity index (χ1) is 6.91. The largest absolute Gasteiger partial charge is 0.391 e. The van der Waals surface area contributed by atoms with Gasteiger partial charge in [-0.05, 0) is 11.5 Å². The molecule has 1 amide bonds. The van der Waals surface area contributed by atoms with Crippen LogP contribution in [0.3, 0.4) is 0 Å². The first-order valence-electron chi connectivity index (χ1n) is 4.87. The molecule has 1 unspecified atom stereocenters. The molecule has 5 nitrogen and oxygen atoms in total. The maximum Gasteiger partial charge on any atom is 0.269 e. The third kappa shape index (κ3) is 3.36. The Morgan fingerprint density at radius 1 is 1.67 bits per heavy atom. The zero-order chi connectivity index (χ0) is 11.5. The molecular formula is C10H17N3O2. The SMILES string of the molecule is CC(C)(C)C(O)CNC(=O)c1ccn[nH]1. The minimum atomic E-state index is -0.565. The number of amides is 1. The Kier molecular flexibility index (Phi) is 3.47. The van der Waals surface area contributed by atoms with Crippen LogP contribution in [0.5, 0.6) is 0 Å². The van der Waals surface area contributed by atoms with E-state index in [1.54, 1.807) is 6.07 Å². The van der Waals surface area contributed by atoms with Crippen molar-refractivity contribution < 1.29 is 9.90 Å². The number of aliphatic hydroxyl groups excluding tert-OH is 1. The van der Waals surface area contributed by atoms with E-state index in [4.69, 9.17) is 0 Å². The standard InChI is InChI=1S/C10H17N3O2/c1-10(2,3)8(14)6-11-9(15)7-4-5-12-13-7/h4-5,8,14H,6H2,1-3H3,(H,11,15)(H,12,13). The molecule has 0 spiro atoms. The number of nitrogens with one attached hydrogen (secondary N) is 2. The summed E-state index contributed by atoms with van der Waals surface area (Å²) in [5, 5.41) is 18.5. The predicted octanol–water partition coefficient (Wildman–Crippen LogP) is 0.546. The monoisotopic (exact) mass is 211 g/mol. The fourth-order valence-electron chi connectivity index (χ4n) is 0.973. The van der Waals surface area contributed by atoms with Crippen molar-refractivity contribution in [1.82, 2.24) is 15.5 Å². The smallest absolute Gasteiger partial charge is 0.269 e. The number of rotatable bonds is 3. The number of aromatic amines is 1. The first kappa shape index (κ1) is 11.7. The maximum atomic E-state index is 11.4. The lowest BCUT2D eigenvalue weighted by atomic mass is 9.89. The Morgan fingerprint density at radius 3 is 2.80 bits per heavy atom. The average Bonchev–Trinajstić information content (AvgIpc) is 2.64. The second kappa shape index (κ2) is 4.44. The first-order valence-corrected chi connectivity index (χ1v) is 4.87. The van der Waals surface area contributed by atoms with E-state index >= 15 is 0 Å². The lowest BCUT2D eigenvalue weighted by Crippen LogP contribution is -2.39. The Balaban J connectivity index is 2.42. The van der Waals surface area contributed by atoms with E-state index in [0.29, 0.717) is 5.69 Å². The highest BCUT2D eigenvalue weighted by molar-refractivity contribution is 5.92. The van der Waals surface area contributed by atoms with Crippen molar-refractivity contribution in [1.29, 1.82) is 0 Å². The molecule has 0 fully saturated rings. The van der Waals surface area contributed by atoms with Gasteiger partial charge in [-0.2, -0.15) is 5.10 Å². The highest BCUT2D eigenvalue weighted by Crippen LogP contribution is 2.18. The maximum absolute atomic E-state index is 11.4. The van der Waals surface area contributed by atoms with Crippen molar-refractivity contribution in [3.8, 4) is 0 Å². The van der Waals surface area contributed by atoms with Crippen LogP contribution in [0, 0.1) is 5.41 Å². The second-order valence-corrected chi connectivity index (χ2v) is 4.56. The highest BCUT2D eigenvalue weighted by atomic mass is 16.3. The molecule has 0 aliphatic heterocycles. The van der Waals surface area contributed by atoms with E-state index in [1.807, 2.05) is 20.8 Å². The molecule has 0 aliphatic rings. The molecule has 1 heterocycles. The second-order valence-electron chi connectivity index (χ2n) is 4.56. The quantitative estimate of drug-likeness (QED) is 0.683. The van der Waals surface area contributed by atoms with Gasteiger partial charge in [0.2, 0.25) is 0 Å². The van der Waals surface area contributed by atoms with Crippen LogP contribution in [0.25, 0.3) is 0 Å². The number of nitrogens with zero attached hydrogens (tertiary/aromatic N) is 1. The van der Waals surface area contributed by atoms with Crippen LogP contribution in [-0.4, -0.2) is 33.9 Å². The Morgan fingerprint density at radius 2 is 2.33 bits per heavy atom. The molecule has 0 bridgehead atoms. The summed E-state index contributed by atoms with van der Waals surface area (Å²) in [6.07, 6.45) is 0.944. The molecule has 15 heavy (non-hydrogen) atoms. The zero-order valence-electron chi connectivity index (χ0n) is 9.24. The van der Waals surface area contributed by atoms with Gasteiger partial charge in [-0.15, -0.1) is 0 Å². The van der Waals surface area contributed by atoms with E-state index in [2.05, 4.69) is 15.5 Å². The summed E-state index contributed by atoms with van der Waals surface area (Å²) in [5.41, 5.74) is 0.164. The minimum Gasteiger partial charge on any atom is -0.391 e. The molecule has 1 atom stereocenters. The number of hydrogen-bond donors (Lipinski definition) is 3. The fraction of sp³-hybridized carbons (Fsp3) is 0.600. The van der Waals surface area contributed by atoms with Gasteiger partial charge >= 0.3 is 0 Å². The number of hydrogen-bond acceptors (Lipinski definition) is 3. The summed E-state index contributed by atoms with van der Waals surface area (Å²) in [4.78, 5) is 11.4. The normalized spacial score (nSPS) is 13.6. The average molecular weight is 211 g/mol. The van der Waals surface area contributed by atoms with Gasteiger partial charge in [-0.1, -0.05) is 20.8 Å². The van der Waals surface area contributed by atoms with Gasteiger partial charge in [-0.25, -0.2) is 0 Å². The predicted molar refractivity (Wildman–Crippen MR) is 56.4 cm³/mol. The van der Waals surface area contributed by atoms with Crippen molar-refractivity contribution in [3.63, 3.8) is 0 Å². The summed E-state index contributed by atoms with van der Waals surface area (Å²) < 4.78 is 0. The van der Waals surface area contributed by atoms with Crippen LogP contribution < -0.4 is 5.32 Å². The molecule has 84 valence electrons. The lowest BCUT2D eigenvalue weighted by Gasteiger charge is -2.25. The third-order valence-corrected chi connectivity index (χ3v) is 2.20. The topological polar surface area (TPSA) is 78.0 Å². The number of aliphatic hydroxyl groups is 1.